The van der Waals surface area contributed by atoms with E-state index in [1.807, 2.05) is 24.3 Å². The van der Waals surface area contributed by atoms with E-state index in [4.69, 9.17) is 4.52 Å². The predicted octanol–water partition coefficient (Wildman–Crippen LogP) is 1.33. The van der Waals surface area contributed by atoms with Gasteiger partial charge in [0, 0.05) is 6.07 Å². The van der Waals surface area contributed by atoms with Gasteiger partial charge in [0.1, 0.15) is 5.95 Å². The summed E-state index contributed by atoms with van der Waals surface area (Å²) in [6.45, 7) is 6.27. The van der Waals surface area contributed by atoms with E-state index >= 15 is 0 Å². The largest absolute Gasteiger partial charge is 0.539 e. The van der Waals surface area contributed by atoms with E-state index in [1.54, 1.807) is 4.68 Å². The third kappa shape index (κ3) is 2.27. The summed E-state index contributed by atoms with van der Waals surface area (Å²) < 4.78 is 7.30. The molecule has 0 saturated heterocycles. The number of para-hydroxylation sites is 1. The zero-order valence-corrected chi connectivity index (χ0v) is 12.5. The zero-order chi connectivity index (χ0) is 12.6. The van der Waals surface area contributed by atoms with Crippen LogP contribution in [-0.2, 0) is 0 Å². The maximum Gasteiger partial charge on any atom is 0.253 e. The van der Waals surface area contributed by atoms with Crippen LogP contribution < -0.4 is 15.1 Å². The molecular formula is C11H13BrN2O2Si. The molecule has 6 heteroatoms. The molecule has 0 spiro atoms. The van der Waals surface area contributed by atoms with Crippen molar-refractivity contribution >= 4 is 29.3 Å². The van der Waals surface area contributed by atoms with Gasteiger partial charge in [-0.15, -0.1) is 0 Å². The van der Waals surface area contributed by atoms with Crippen molar-refractivity contribution in [1.29, 1.82) is 0 Å². The molecule has 0 N–H and O–H groups in total. The van der Waals surface area contributed by atoms with Gasteiger partial charge in [-0.25, -0.2) is 0 Å². The Balaban J connectivity index is 2.66. The van der Waals surface area contributed by atoms with Crippen molar-refractivity contribution in [1.82, 2.24) is 5.27 Å². The van der Waals surface area contributed by atoms with E-state index < -0.39 is 8.07 Å². The second kappa shape index (κ2) is 4.27. The van der Waals surface area contributed by atoms with Crippen LogP contribution in [0.2, 0.25) is 19.6 Å². The molecule has 0 bridgehead atoms. The Morgan fingerprint density at radius 3 is 2.53 bits per heavy atom. The van der Waals surface area contributed by atoms with Gasteiger partial charge in [-0.3, -0.25) is 0 Å². The predicted molar refractivity (Wildman–Crippen MR) is 68.2 cm³/mol. The van der Waals surface area contributed by atoms with Gasteiger partial charge in [-0.05, 0) is 26.7 Å². The molecule has 0 atom stereocenters. The van der Waals surface area contributed by atoms with Gasteiger partial charge in [-0.2, -0.15) is 0 Å². The molecule has 90 valence electrons. The van der Waals surface area contributed by atoms with Gasteiger partial charge in [0.2, 0.25) is 5.32 Å². The summed E-state index contributed by atoms with van der Waals surface area (Å²) in [6, 6.07) is 7.63. The Kier molecular flexibility index (Phi) is 3.09. The monoisotopic (exact) mass is 312 g/mol. The highest BCUT2D eigenvalue weighted by Gasteiger charge is 2.34. The molecule has 0 amide bonds. The van der Waals surface area contributed by atoms with Crippen molar-refractivity contribution in [3.63, 3.8) is 0 Å². The van der Waals surface area contributed by atoms with Crippen LogP contribution in [-0.4, -0.2) is 13.3 Å². The first kappa shape index (κ1) is 12.3. The number of nitrogens with zero attached hydrogens (tertiary/aromatic N) is 2. The molecule has 0 unspecified atom stereocenters. The molecule has 0 aliphatic rings. The van der Waals surface area contributed by atoms with E-state index in [2.05, 4.69) is 40.8 Å². The van der Waals surface area contributed by atoms with Gasteiger partial charge < -0.3 is 9.63 Å². The van der Waals surface area contributed by atoms with Crippen molar-refractivity contribution in [3.05, 3.63) is 28.7 Å². The summed E-state index contributed by atoms with van der Waals surface area (Å²) in [5, 5.41) is 16.3. The number of benzene rings is 1. The number of hydrogen-bond acceptors (Lipinski definition) is 3. The molecule has 1 aromatic heterocycles. The van der Waals surface area contributed by atoms with Gasteiger partial charge in [0.25, 0.3) is 5.69 Å². The standard InChI is InChI=1S/C11H13BrN2O2Si/c1-17(2,3)10-11(15)16-13-14(10)9-7-5-4-6-8(9)12/h4-7H,1-3H3. The zero-order valence-electron chi connectivity index (χ0n) is 9.90. The minimum absolute atomic E-state index is 0.333. The minimum Gasteiger partial charge on any atom is -0.539 e. The molecule has 0 aliphatic carbocycles. The lowest BCUT2D eigenvalue weighted by molar-refractivity contribution is -0.655. The number of halogens is 1. The highest BCUT2D eigenvalue weighted by molar-refractivity contribution is 9.10. The first-order valence-electron chi connectivity index (χ1n) is 5.25. The minimum atomic E-state index is -1.80. The molecule has 0 saturated carbocycles. The van der Waals surface area contributed by atoms with Crippen LogP contribution in [0.25, 0.3) is 5.69 Å². The average molecular weight is 313 g/mol. The van der Waals surface area contributed by atoms with Crippen LogP contribution in [0.4, 0.5) is 0 Å². The second-order valence-corrected chi connectivity index (χ2v) is 10.7. The Hall–Kier alpha value is -1.14. The summed E-state index contributed by atoms with van der Waals surface area (Å²) in [4.78, 5) is 0. The molecular weight excluding hydrogens is 300 g/mol. The molecule has 0 radical (unpaired) electrons. The molecule has 17 heavy (non-hydrogen) atoms. The van der Waals surface area contributed by atoms with Gasteiger partial charge in [-0.1, -0.05) is 31.8 Å². The number of hydrogen-bond donors (Lipinski definition) is 0. The maximum atomic E-state index is 11.7. The first-order valence-corrected chi connectivity index (χ1v) is 9.55. The third-order valence-electron chi connectivity index (χ3n) is 2.40. The summed E-state index contributed by atoms with van der Waals surface area (Å²) in [5.41, 5.74) is 0.829. The van der Waals surface area contributed by atoms with E-state index in [0.717, 1.165) is 10.2 Å². The Labute approximate surface area is 109 Å². The molecule has 2 aromatic rings. The first-order chi connectivity index (χ1) is 7.91. The van der Waals surface area contributed by atoms with Crippen molar-refractivity contribution in [2.24, 2.45) is 0 Å². The summed E-state index contributed by atoms with van der Waals surface area (Å²) in [6.07, 6.45) is 0. The Morgan fingerprint density at radius 1 is 1.29 bits per heavy atom. The van der Waals surface area contributed by atoms with Crippen LogP contribution in [0.5, 0.6) is 5.95 Å². The lowest BCUT2D eigenvalue weighted by Crippen LogP contribution is -2.59. The highest BCUT2D eigenvalue weighted by Crippen LogP contribution is 2.16. The van der Waals surface area contributed by atoms with E-state index in [9.17, 15) is 5.11 Å². The molecule has 0 aliphatic heterocycles. The van der Waals surface area contributed by atoms with Crippen molar-refractivity contribution < 1.29 is 14.3 Å². The summed E-state index contributed by atoms with van der Waals surface area (Å²) in [5.74, 6) is -0.333. The fourth-order valence-corrected chi connectivity index (χ4v) is 3.57. The summed E-state index contributed by atoms with van der Waals surface area (Å²) >= 11 is 3.45. The van der Waals surface area contributed by atoms with Gasteiger partial charge in [0.15, 0.2) is 8.07 Å². The van der Waals surface area contributed by atoms with Crippen LogP contribution in [0.1, 0.15) is 0 Å². The van der Waals surface area contributed by atoms with Crippen molar-refractivity contribution in [3.8, 4) is 11.6 Å². The topological polar surface area (TPSA) is 53.0 Å². The van der Waals surface area contributed by atoms with Crippen molar-refractivity contribution in [2.75, 3.05) is 0 Å². The second-order valence-electron chi connectivity index (χ2n) is 4.82. The van der Waals surface area contributed by atoms with Crippen LogP contribution in [0.3, 0.4) is 0 Å². The maximum absolute atomic E-state index is 11.7. The lowest BCUT2D eigenvalue weighted by Gasteiger charge is -2.11. The fraction of sp³-hybridized carbons (Fsp3) is 0.273. The van der Waals surface area contributed by atoms with Gasteiger partial charge in [0.05, 0.1) is 9.74 Å². The molecule has 4 nitrogen and oxygen atoms in total. The smallest absolute Gasteiger partial charge is 0.253 e. The van der Waals surface area contributed by atoms with Crippen LogP contribution in [0.15, 0.2) is 33.3 Å². The normalized spacial score (nSPS) is 11.8. The fourth-order valence-electron chi connectivity index (χ4n) is 1.66. The molecule has 1 heterocycles. The average Bonchev–Trinajstić information content (AvgIpc) is 2.60. The van der Waals surface area contributed by atoms with Crippen LogP contribution in [0, 0.1) is 0 Å². The van der Waals surface area contributed by atoms with E-state index in [-0.39, 0.29) is 5.95 Å². The highest BCUT2D eigenvalue weighted by atomic mass is 79.9. The Morgan fingerprint density at radius 2 is 1.94 bits per heavy atom. The van der Waals surface area contributed by atoms with Gasteiger partial charge >= 0.3 is 0 Å². The quantitative estimate of drug-likeness (QED) is 0.621. The summed E-state index contributed by atoms with van der Waals surface area (Å²) in [7, 11) is -1.80. The lowest BCUT2D eigenvalue weighted by atomic mass is 10.3. The third-order valence-corrected chi connectivity index (χ3v) is 4.91. The van der Waals surface area contributed by atoms with Crippen LogP contribution >= 0.6 is 15.9 Å². The van der Waals surface area contributed by atoms with E-state index in [1.165, 1.54) is 0 Å². The molecule has 0 fully saturated rings. The Bertz CT molecular complexity index is 549. The SMILES string of the molecule is C[Si](C)(C)c1c([O-])on[n+]1-c1ccccc1Br. The van der Waals surface area contributed by atoms with E-state index in [0.29, 0.717) is 5.32 Å². The number of rotatable bonds is 2. The van der Waals surface area contributed by atoms with Crippen molar-refractivity contribution in [2.45, 2.75) is 19.6 Å². The number of aromatic nitrogens is 2. The molecule has 2 rings (SSSR count). The molecule has 1 aromatic carbocycles.